The maximum absolute atomic E-state index is 4.85. The minimum Gasteiger partial charge on any atom is -0.331 e. The van der Waals surface area contributed by atoms with Crippen LogP contribution in [0.25, 0.3) is 0 Å². The fourth-order valence-corrected chi connectivity index (χ4v) is 0. The number of unbranched alkanes of at least 4 members (excludes halogenated alkanes) is 1. The van der Waals surface area contributed by atoms with E-state index in [9.17, 15) is 0 Å². The Morgan fingerprint density at radius 3 is 1.29 bits per heavy atom. The second-order valence-electron chi connectivity index (χ2n) is 1.41. The van der Waals surface area contributed by atoms with Gasteiger partial charge < -0.3 is 5.73 Å². The lowest BCUT2D eigenvalue weighted by molar-refractivity contribution is 0.886. The second-order valence-corrected chi connectivity index (χ2v) is 1.41. The van der Waals surface area contributed by atoms with Crippen molar-refractivity contribution in [1.82, 2.24) is 0 Å². The Morgan fingerprint density at radius 1 is 1.14 bits per heavy atom. The molecule has 0 aromatic carbocycles. The monoisotopic (exact) mass is 105 g/mol. The third-order valence-corrected chi connectivity index (χ3v) is 0.500. The van der Waals surface area contributed by atoms with Crippen LogP contribution in [0.15, 0.2) is 0 Å². The number of hydrogen-bond acceptors (Lipinski definition) is 1. The van der Waals surface area contributed by atoms with E-state index in [2.05, 4.69) is 13.8 Å². The van der Waals surface area contributed by atoms with E-state index in [0.29, 0.717) is 0 Å². The third kappa shape index (κ3) is 101. The van der Waals surface area contributed by atoms with Crippen LogP contribution in [0.2, 0.25) is 0 Å². The van der Waals surface area contributed by atoms with Crippen molar-refractivity contribution in [3.8, 4) is 0 Å². The van der Waals surface area contributed by atoms with Gasteiger partial charge in [-0.05, 0) is 6.54 Å². The zero-order chi connectivity index (χ0) is 6.12. The average Bonchev–Trinajstić information content (AvgIpc) is 1.69. The standard InChI is InChI=1S/C4H10.C2H7N.H2/c1-3-4-2;1-2-3;/h3-4H2,1-2H3;2-3H2,1H3;1H. The number of hydrogen-bond donors (Lipinski definition) is 1. The summed E-state index contributed by atoms with van der Waals surface area (Å²) in [4.78, 5) is 0. The van der Waals surface area contributed by atoms with E-state index in [0.717, 1.165) is 6.54 Å². The Bertz CT molecular complexity index is 16.0. The Hall–Kier alpha value is -0.0400. The summed E-state index contributed by atoms with van der Waals surface area (Å²) in [5.41, 5.74) is 4.85. The number of rotatable bonds is 1. The highest BCUT2D eigenvalue weighted by atomic mass is 14.5. The molecule has 0 fully saturated rings. The van der Waals surface area contributed by atoms with Gasteiger partial charge in [-0.2, -0.15) is 0 Å². The van der Waals surface area contributed by atoms with E-state index in [1.807, 2.05) is 6.92 Å². The SMILES string of the molecule is CCCC.CCN.[HH]. The predicted octanol–water partition coefficient (Wildman–Crippen LogP) is 2.02. The molecule has 0 radical (unpaired) electrons. The van der Waals surface area contributed by atoms with Gasteiger partial charge in [0.25, 0.3) is 0 Å². The maximum atomic E-state index is 4.85. The highest BCUT2D eigenvalue weighted by Crippen LogP contribution is 1.76. The molecule has 1 heteroatoms. The topological polar surface area (TPSA) is 26.0 Å². The van der Waals surface area contributed by atoms with E-state index in [4.69, 9.17) is 5.73 Å². The molecule has 0 rings (SSSR count). The molecule has 0 saturated carbocycles. The van der Waals surface area contributed by atoms with Gasteiger partial charge >= 0.3 is 0 Å². The van der Waals surface area contributed by atoms with Crippen LogP contribution in [-0.2, 0) is 0 Å². The smallest absolute Gasteiger partial charge is 0 e. The fraction of sp³-hybridized carbons (Fsp3) is 1.00. The largest absolute Gasteiger partial charge is 0.331 e. The molecule has 0 atom stereocenters. The molecule has 0 amide bonds. The first-order valence-corrected chi connectivity index (χ1v) is 3.03. The lowest BCUT2D eigenvalue weighted by atomic mass is 10.4. The van der Waals surface area contributed by atoms with Crippen molar-refractivity contribution in [2.45, 2.75) is 33.6 Å². The van der Waals surface area contributed by atoms with Crippen molar-refractivity contribution < 1.29 is 1.43 Å². The minimum absolute atomic E-state index is 0. The van der Waals surface area contributed by atoms with E-state index in [1.165, 1.54) is 12.8 Å². The summed E-state index contributed by atoms with van der Waals surface area (Å²) >= 11 is 0. The molecule has 7 heavy (non-hydrogen) atoms. The molecule has 0 unspecified atom stereocenters. The van der Waals surface area contributed by atoms with Crippen molar-refractivity contribution >= 4 is 0 Å². The molecule has 0 aliphatic heterocycles. The van der Waals surface area contributed by atoms with Crippen LogP contribution in [0.4, 0.5) is 0 Å². The van der Waals surface area contributed by atoms with Gasteiger partial charge in [0.1, 0.15) is 0 Å². The molecular formula is C6H19N. The van der Waals surface area contributed by atoms with Crippen LogP contribution < -0.4 is 5.73 Å². The quantitative estimate of drug-likeness (QED) is 0.542. The Labute approximate surface area is 48.4 Å². The summed E-state index contributed by atoms with van der Waals surface area (Å²) in [6.45, 7) is 7.01. The molecule has 0 aliphatic rings. The lowest BCUT2D eigenvalue weighted by Gasteiger charge is -1.68. The van der Waals surface area contributed by atoms with Gasteiger partial charge in [-0.1, -0.05) is 33.6 Å². The molecule has 2 N–H and O–H groups in total. The Morgan fingerprint density at radius 2 is 1.29 bits per heavy atom. The molecule has 1 nitrogen and oxygen atoms in total. The van der Waals surface area contributed by atoms with Crippen molar-refractivity contribution in [2.75, 3.05) is 6.54 Å². The first kappa shape index (κ1) is 10.0. The van der Waals surface area contributed by atoms with Gasteiger partial charge in [-0.25, -0.2) is 0 Å². The molecule has 0 saturated heterocycles. The van der Waals surface area contributed by atoms with Gasteiger partial charge in [0.05, 0.1) is 0 Å². The Balaban J connectivity index is -0.0000000575. The van der Waals surface area contributed by atoms with Gasteiger partial charge in [0, 0.05) is 1.43 Å². The van der Waals surface area contributed by atoms with Gasteiger partial charge in [0.15, 0.2) is 0 Å². The summed E-state index contributed by atoms with van der Waals surface area (Å²) in [5, 5.41) is 0. The molecule has 0 aliphatic carbocycles. The van der Waals surface area contributed by atoms with E-state index < -0.39 is 0 Å². The summed E-state index contributed by atoms with van der Waals surface area (Å²) in [6, 6.07) is 0. The second kappa shape index (κ2) is 16.7. The summed E-state index contributed by atoms with van der Waals surface area (Å²) < 4.78 is 0. The van der Waals surface area contributed by atoms with Crippen LogP contribution in [0.1, 0.15) is 35.0 Å². The molecule has 0 heterocycles. The van der Waals surface area contributed by atoms with E-state index in [1.54, 1.807) is 0 Å². The van der Waals surface area contributed by atoms with Crippen molar-refractivity contribution in [3.63, 3.8) is 0 Å². The molecule has 0 spiro atoms. The van der Waals surface area contributed by atoms with Crippen LogP contribution >= 0.6 is 0 Å². The van der Waals surface area contributed by atoms with Crippen LogP contribution in [0.3, 0.4) is 0 Å². The minimum atomic E-state index is 0. The molecule has 0 aromatic heterocycles. The zero-order valence-electron chi connectivity index (χ0n) is 5.70. The zero-order valence-corrected chi connectivity index (χ0v) is 5.70. The number of nitrogens with two attached hydrogens (primary N) is 1. The summed E-state index contributed by atoms with van der Waals surface area (Å²) in [5.74, 6) is 0. The highest BCUT2D eigenvalue weighted by molar-refractivity contribution is 4.12. The summed E-state index contributed by atoms with van der Waals surface area (Å²) in [7, 11) is 0. The van der Waals surface area contributed by atoms with Crippen molar-refractivity contribution in [2.24, 2.45) is 5.73 Å². The van der Waals surface area contributed by atoms with Crippen molar-refractivity contribution in [1.29, 1.82) is 0 Å². The average molecular weight is 105 g/mol. The van der Waals surface area contributed by atoms with Crippen LogP contribution in [0.5, 0.6) is 0 Å². The van der Waals surface area contributed by atoms with Gasteiger partial charge in [-0.3, -0.25) is 0 Å². The first-order valence-electron chi connectivity index (χ1n) is 3.03. The van der Waals surface area contributed by atoms with Gasteiger partial charge in [-0.15, -0.1) is 0 Å². The fourth-order valence-electron chi connectivity index (χ4n) is 0. The first-order chi connectivity index (χ1) is 3.33. The van der Waals surface area contributed by atoms with E-state index >= 15 is 0 Å². The van der Waals surface area contributed by atoms with E-state index in [-0.39, 0.29) is 1.43 Å². The Kier molecular flexibility index (Phi) is 24.0. The molecular weight excluding hydrogens is 86.1 g/mol. The highest BCUT2D eigenvalue weighted by Gasteiger charge is 1.56. The van der Waals surface area contributed by atoms with Gasteiger partial charge in [0.2, 0.25) is 0 Å². The lowest BCUT2D eigenvalue weighted by Crippen LogP contribution is -1.87. The van der Waals surface area contributed by atoms with Crippen LogP contribution in [0, 0.1) is 0 Å². The maximum Gasteiger partial charge on any atom is 0 e. The third-order valence-electron chi connectivity index (χ3n) is 0.500. The molecule has 48 valence electrons. The van der Waals surface area contributed by atoms with Crippen LogP contribution in [-0.4, -0.2) is 6.54 Å². The molecule has 0 aromatic rings. The normalized spacial score (nSPS) is 6.86. The summed E-state index contributed by atoms with van der Waals surface area (Å²) in [6.07, 6.45) is 2.64. The predicted molar refractivity (Wildman–Crippen MR) is 37.4 cm³/mol. The molecule has 0 bridgehead atoms. The van der Waals surface area contributed by atoms with Crippen molar-refractivity contribution in [3.05, 3.63) is 0 Å².